The first-order valence-corrected chi connectivity index (χ1v) is 6.47. The fourth-order valence-electron chi connectivity index (χ4n) is 1.07. The van der Waals surface area contributed by atoms with Crippen LogP contribution in [0.1, 0.15) is 20.3 Å². The first-order valence-electron chi connectivity index (χ1n) is 4.89. The van der Waals surface area contributed by atoms with Crippen molar-refractivity contribution in [2.24, 2.45) is 5.92 Å². The number of amides is 1. The maximum absolute atomic E-state index is 11.4. The summed E-state index contributed by atoms with van der Waals surface area (Å²) < 4.78 is 2.75. The van der Waals surface area contributed by atoms with Crippen LogP contribution in [0.4, 0.5) is 0 Å². The Kier molecular flexibility index (Phi) is 5.46. The van der Waals surface area contributed by atoms with Crippen molar-refractivity contribution in [1.29, 1.82) is 0 Å². The lowest BCUT2D eigenvalue weighted by molar-refractivity contribution is -0.119. The second-order valence-corrected chi connectivity index (χ2v) is 5.50. The highest BCUT2D eigenvalue weighted by Crippen LogP contribution is 2.26. The molecule has 16 heavy (non-hydrogen) atoms. The standard InChI is InChI=1S/C11H13Cl2NOS/c1-7(2)5-11(15)14-16-8-3-4-9(12)10(13)6-8/h3-4,6-7H,5H2,1-2H3,(H,14,15). The van der Waals surface area contributed by atoms with Crippen molar-refractivity contribution in [2.75, 3.05) is 0 Å². The molecule has 0 saturated heterocycles. The zero-order chi connectivity index (χ0) is 12.1. The van der Waals surface area contributed by atoms with Gasteiger partial charge in [-0.3, -0.25) is 9.52 Å². The van der Waals surface area contributed by atoms with E-state index in [1.54, 1.807) is 12.1 Å². The van der Waals surface area contributed by atoms with Crippen LogP contribution in [0.3, 0.4) is 0 Å². The lowest BCUT2D eigenvalue weighted by Gasteiger charge is -2.06. The summed E-state index contributed by atoms with van der Waals surface area (Å²) in [6, 6.07) is 5.25. The Balaban J connectivity index is 2.48. The Morgan fingerprint density at radius 2 is 2.06 bits per heavy atom. The Labute approximate surface area is 110 Å². The van der Waals surface area contributed by atoms with E-state index in [0.29, 0.717) is 22.4 Å². The van der Waals surface area contributed by atoms with E-state index in [4.69, 9.17) is 23.2 Å². The molecule has 0 saturated carbocycles. The molecule has 1 N–H and O–H groups in total. The van der Waals surface area contributed by atoms with E-state index in [0.717, 1.165) is 4.90 Å². The van der Waals surface area contributed by atoms with Gasteiger partial charge in [0, 0.05) is 11.3 Å². The number of halogens is 2. The Morgan fingerprint density at radius 3 is 2.62 bits per heavy atom. The van der Waals surface area contributed by atoms with E-state index in [-0.39, 0.29) is 5.91 Å². The van der Waals surface area contributed by atoms with Crippen LogP contribution in [0.25, 0.3) is 0 Å². The van der Waals surface area contributed by atoms with Crippen LogP contribution in [-0.4, -0.2) is 5.91 Å². The highest BCUT2D eigenvalue weighted by Gasteiger charge is 2.06. The number of carbonyl (C=O) groups excluding carboxylic acids is 1. The molecule has 0 unspecified atom stereocenters. The van der Waals surface area contributed by atoms with Crippen LogP contribution in [0.15, 0.2) is 23.1 Å². The zero-order valence-corrected chi connectivity index (χ0v) is 11.4. The molecule has 1 rings (SSSR count). The average Bonchev–Trinajstić information content (AvgIpc) is 2.19. The van der Waals surface area contributed by atoms with Crippen molar-refractivity contribution in [1.82, 2.24) is 4.72 Å². The molecule has 0 aromatic heterocycles. The molecule has 0 radical (unpaired) electrons. The fraction of sp³-hybridized carbons (Fsp3) is 0.364. The first kappa shape index (κ1) is 13.7. The molecular weight excluding hydrogens is 265 g/mol. The molecule has 5 heteroatoms. The Hall–Kier alpha value is -0.380. The van der Waals surface area contributed by atoms with E-state index in [1.165, 1.54) is 11.9 Å². The van der Waals surface area contributed by atoms with Crippen molar-refractivity contribution in [3.63, 3.8) is 0 Å². The molecule has 1 amide bonds. The largest absolute Gasteiger partial charge is 0.296 e. The van der Waals surface area contributed by atoms with Gasteiger partial charge in [0.2, 0.25) is 5.91 Å². The van der Waals surface area contributed by atoms with E-state index >= 15 is 0 Å². The first-order chi connectivity index (χ1) is 7.49. The minimum absolute atomic E-state index is 0.0195. The molecule has 1 aromatic rings. The lowest BCUT2D eigenvalue weighted by atomic mass is 10.1. The van der Waals surface area contributed by atoms with Gasteiger partial charge in [-0.15, -0.1) is 0 Å². The summed E-state index contributed by atoms with van der Waals surface area (Å²) in [6.45, 7) is 4.01. The number of rotatable bonds is 4. The van der Waals surface area contributed by atoms with E-state index in [2.05, 4.69) is 4.72 Å². The summed E-state index contributed by atoms with van der Waals surface area (Å²) in [7, 11) is 0. The second-order valence-electron chi connectivity index (χ2n) is 3.80. The van der Waals surface area contributed by atoms with Gasteiger partial charge in [-0.05, 0) is 36.1 Å². The maximum atomic E-state index is 11.4. The number of hydrogen-bond donors (Lipinski definition) is 1. The van der Waals surface area contributed by atoms with Gasteiger partial charge in [0.25, 0.3) is 0 Å². The van der Waals surface area contributed by atoms with Gasteiger partial charge >= 0.3 is 0 Å². The van der Waals surface area contributed by atoms with Crippen molar-refractivity contribution in [3.8, 4) is 0 Å². The van der Waals surface area contributed by atoms with Crippen LogP contribution in [0.5, 0.6) is 0 Å². The summed E-state index contributed by atoms with van der Waals surface area (Å²) in [5.74, 6) is 0.375. The Bertz CT molecular complexity index is 382. The van der Waals surface area contributed by atoms with Crippen molar-refractivity contribution in [3.05, 3.63) is 28.2 Å². The summed E-state index contributed by atoms with van der Waals surface area (Å²) >= 11 is 12.9. The topological polar surface area (TPSA) is 29.1 Å². The van der Waals surface area contributed by atoms with Crippen molar-refractivity contribution >= 4 is 41.1 Å². The molecule has 0 spiro atoms. The van der Waals surface area contributed by atoms with Crippen LogP contribution in [-0.2, 0) is 4.79 Å². The van der Waals surface area contributed by atoms with E-state index < -0.39 is 0 Å². The van der Waals surface area contributed by atoms with Gasteiger partial charge in [-0.25, -0.2) is 0 Å². The summed E-state index contributed by atoms with van der Waals surface area (Å²) in [6.07, 6.45) is 0.522. The van der Waals surface area contributed by atoms with Crippen LogP contribution in [0, 0.1) is 5.92 Å². The highest BCUT2D eigenvalue weighted by atomic mass is 35.5. The van der Waals surface area contributed by atoms with Gasteiger partial charge in [-0.2, -0.15) is 0 Å². The van der Waals surface area contributed by atoms with Gasteiger partial charge in [-0.1, -0.05) is 37.0 Å². The summed E-state index contributed by atoms with van der Waals surface area (Å²) in [5, 5.41) is 1.00. The SMILES string of the molecule is CC(C)CC(=O)NSc1ccc(Cl)c(Cl)c1. The molecule has 0 aliphatic heterocycles. The minimum Gasteiger partial charge on any atom is -0.296 e. The molecular formula is C11H13Cl2NOS. The van der Waals surface area contributed by atoms with E-state index in [1.807, 2.05) is 19.9 Å². The second kappa shape index (κ2) is 6.38. The number of nitrogens with one attached hydrogen (secondary N) is 1. The molecule has 2 nitrogen and oxygen atoms in total. The molecule has 0 heterocycles. The molecule has 0 atom stereocenters. The molecule has 0 aliphatic rings. The van der Waals surface area contributed by atoms with Gasteiger partial charge in [0.05, 0.1) is 10.0 Å². The third-order valence-corrected chi connectivity index (χ3v) is 3.33. The normalized spacial score (nSPS) is 10.6. The molecule has 1 aromatic carbocycles. The van der Waals surface area contributed by atoms with Crippen LogP contribution >= 0.6 is 35.1 Å². The predicted octanol–water partition coefficient (Wildman–Crippen LogP) is 4.16. The Morgan fingerprint density at radius 1 is 1.38 bits per heavy atom. The van der Waals surface area contributed by atoms with Gasteiger partial charge in [0.1, 0.15) is 0 Å². The smallest absolute Gasteiger partial charge is 0.230 e. The number of carbonyl (C=O) groups is 1. The third-order valence-electron chi connectivity index (χ3n) is 1.77. The van der Waals surface area contributed by atoms with E-state index in [9.17, 15) is 4.79 Å². The average molecular weight is 278 g/mol. The summed E-state index contributed by atoms with van der Waals surface area (Å²) in [5.41, 5.74) is 0. The fourth-order valence-corrected chi connectivity index (χ4v) is 2.06. The molecule has 0 aliphatic carbocycles. The monoisotopic (exact) mass is 277 g/mol. The molecule has 0 fully saturated rings. The third kappa shape index (κ3) is 4.64. The quantitative estimate of drug-likeness (QED) is 0.838. The number of benzene rings is 1. The van der Waals surface area contributed by atoms with Gasteiger partial charge < -0.3 is 0 Å². The maximum Gasteiger partial charge on any atom is 0.230 e. The van der Waals surface area contributed by atoms with Crippen molar-refractivity contribution < 1.29 is 4.79 Å². The summed E-state index contributed by atoms with van der Waals surface area (Å²) in [4.78, 5) is 12.3. The molecule has 88 valence electrons. The molecule has 0 bridgehead atoms. The highest BCUT2D eigenvalue weighted by molar-refractivity contribution is 7.98. The predicted molar refractivity (Wildman–Crippen MR) is 69.9 cm³/mol. The lowest BCUT2D eigenvalue weighted by Crippen LogP contribution is -2.17. The number of hydrogen-bond acceptors (Lipinski definition) is 2. The zero-order valence-electron chi connectivity index (χ0n) is 9.09. The minimum atomic E-state index is 0.0195. The van der Waals surface area contributed by atoms with Crippen LogP contribution in [0.2, 0.25) is 10.0 Å². The van der Waals surface area contributed by atoms with Crippen LogP contribution < -0.4 is 4.72 Å². The van der Waals surface area contributed by atoms with Gasteiger partial charge in [0.15, 0.2) is 0 Å². The van der Waals surface area contributed by atoms with Crippen molar-refractivity contribution in [2.45, 2.75) is 25.2 Å².